The minimum absolute atomic E-state index is 0.445. The van der Waals surface area contributed by atoms with Crippen LogP contribution in [0.25, 0.3) is 21.7 Å². The molecule has 0 aliphatic heterocycles. The van der Waals surface area contributed by atoms with Gasteiger partial charge in [-0.25, -0.2) is 4.98 Å². The van der Waals surface area contributed by atoms with Gasteiger partial charge in [-0.05, 0) is 50.2 Å². The maximum absolute atomic E-state index is 10.2. The van der Waals surface area contributed by atoms with E-state index in [9.17, 15) is 5.11 Å². The minimum Gasteiger partial charge on any atom is -0.390 e. The van der Waals surface area contributed by atoms with Crippen LogP contribution in [-0.4, -0.2) is 22.2 Å². The molecule has 1 unspecified atom stereocenters. The summed E-state index contributed by atoms with van der Waals surface area (Å²) in [7, 11) is 0. The molecule has 0 spiro atoms. The average Bonchev–Trinajstić information content (AvgIpc) is 3.21. The van der Waals surface area contributed by atoms with Crippen LogP contribution in [0.1, 0.15) is 38.7 Å². The third-order valence-electron chi connectivity index (χ3n) is 6.62. The number of aromatic nitrogens is 1. The molecule has 5 rings (SSSR count). The summed E-state index contributed by atoms with van der Waals surface area (Å²) in [6.07, 6.45) is 9.00. The fraction of sp³-hybridized carbons (Fsp3) is 0.321. The zero-order valence-electron chi connectivity index (χ0n) is 19.2. The summed E-state index contributed by atoms with van der Waals surface area (Å²) in [5.41, 5.74) is 11.1. The van der Waals surface area contributed by atoms with Gasteiger partial charge in [-0.2, -0.15) is 0 Å². The third-order valence-corrected chi connectivity index (χ3v) is 7.68. The lowest BCUT2D eigenvalue weighted by Gasteiger charge is -2.49. The quantitative estimate of drug-likeness (QED) is 0.418. The highest BCUT2D eigenvalue weighted by molar-refractivity contribution is 7.19. The van der Waals surface area contributed by atoms with Crippen molar-refractivity contribution in [3.63, 3.8) is 0 Å². The van der Waals surface area contributed by atoms with Gasteiger partial charge in [-0.1, -0.05) is 89.7 Å². The predicted octanol–water partition coefficient (Wildman–Crippen LogP) is 6.11. The van der Waals surface area contributed by atoms with E-state index in [-0.39, 0.29) is 0 Å². The van der Waals surface area contributed by atoms with Crippen molar-refractivity contribution in [2.24, 2.45) is 11.7 Å². The van der Waals surface area contributed by atoms with Crippen LogP contribution in [0.2, 0.25) is 0 Å². The Balaban J connectivity index is 1.42. The van der Waals surface area contributed by atoms with E-state index in [0.29, 0.717) is 18.8 Å². The second kappa shape index (κ2) is 8.56. The van der Waals surface area contributed by atoms with Gasteiger partial charge in [0.25, 0.3) is 0 Å². The number of aliphatic hydroxyl groups is 1. The predicted molar refractivity (Wildman–Crippen MR) is 138 cm³/mol. The molecule has 2 aromatic carbocycles. The number of nitrogens with two attached hydrogens (primary N) is 1. The van der Waals surface area contributed by atoms with Crippen molar-refractivity contribution in [1.29, 1.82) is 0 Å². The molecule has 0 bridgehead atoms. The summed E-state index contributed by atoms with van der Waals surface area (Å²) in [6.45, 7) is 4.87. The van der Waals surface area contributed by atoms with E-state index in [4.69, 9.17) is 10.7 Å². The van der Waals surface area contributed by atoms with Crippen molar-refractivity contribution >= 4 is 16.5 Å². The first kappa shape index (κ1) is 22.1. The van der Waals surface area contributed by atoms with E-state index in [2.05, 4.69) is 79.0 Å². The SMILES string of the molecule is CC1=CC(CNc2nc(-c3ccc([C@]4(N)C[C@](C)(O)C4)cc3)c(-c3ccccc3)s2)CC=C1. The summed E-state index contributed by atoms with van der Waals surface area (Å²) in [6, 6.07) is 18.9. The molecule has 1 atom stereocenters. The Morgan fingerprint density at radius 3 is 2.48 bits per heavy atom. The molecule has 4 nitrogen and oxygen atoms in total. The van der Waals surface area contributed by atoms with E-state index in [1.807, 2.05) is 13.0 Å². The number of nitrogens with one attached hydrogen (secondary N) is 1. The van der Waals surface area contributed by atoms with Crippen molar-refractivity contribution in [3.05, 3.63) is 84.0 Å². The molecule has 33 heavy (non-hydrogen) atoms. The molecule has 1 saturated carbocycles. The van der Waals surface area contributed by atoms with Gasteiger partial charge in [0.1, 0.15) is 0 Å². The summed E-state index contributed by atoms with van der Waals surface area (Å²) in [4.78, 5) is 6.17. The van der Waals surface area contributed by atoms with Crippen LogP contribution < -0.4 is 11.1 Å². The van der Waals surface area contributed by atoms with E-state index in [0.717, 1.165) is 39.8 Å². The third kappa shape index (κ3) is 4.67. The van der Waals surface area contributed by atoms with Crippen LogP contribution >= 0.6 is 11.3 Å². The Hall–Kier alpha value is -2.73. The first-order valence-corrected chi connectivity index (χ1v) is 12.4. The van der Waals surface area contributed by atoms with Crippen LogP contribution in [0, 0.1) is 5.92 Å². The first-order valence-electron chi connectivity index (χ1n) is 11.6. The zero-order chi connectivity index (χ0) is 23.1. The number of thiazole rings is 1. The molecule has 2 aliphatic carbocycles. The van der Waals surface area contributed by atoms with E-state index >= 15 is 0 Å². The number of rotatable bonds is 6. The maximum atomic E-state index is 10.2. The van der Waals surface area contributed by atoms with Gasteiger partial charge in [0.2, 0.25) is 0 Å². The van der Waals surface area contributed by atoms with Gasteiger partial charge in [0.05, 0.1) is 16.2 Å². The number of hydrogen-bond donors (Lipinski definition) is 3. The standard InChI is InChI=1S/C28H31N3OS/c1-19-7-6-8-20(15-19)16-30-26-31-24(25(33-26)22-9-4-3-5-10-22)21-11-13-23(14-12-21)28(29)17-27(2,32)18-28/h3-7,9-15,20,32H,8,16-18,29H2,1-2H3,(H,30,31)/t20?,27-,28-. The van der Waals surface area contributed by atoms with Gasteiger partial charge in [0.15, 0.2) is 5.13 Å². The summed E-state index contributed by atoms with van der Waals surface area (Å²) in [5.74, 6) is 0.488. The van der Waals surface area contributed by atoms with Crippen molar-refractivity contribution < 1.29 is 5.11 Å². The summed E-state index contributed by atoms with van der Waals surface area (Å²) < 4.78 is 0. The molecule has 0 saturated heterocycles. The van der Waals surface area contributed by atoms with Crippen LogP contribution in [0.15, 0.2) is 78.4 Å². The Morgan fingerprint density at radius 2 is 1.82 bits per heavy atom. The Kier molecular flexibility index (Phi) is 5.73. The number of hydrogen-bond acceptors (Lipinski definition) is 5. The largest absolute Gasteiger partial charge is 0.390 e. The van der Waals surface area contributed by atoms with Crippen LogP contribution in [-0.2, 0) is 5.54 Å². The lowest BCUT2D eigenvalue weighted by atomic mass is 9.63. The molecule has 170 valence electrons. The van der Waals surface area contributed by atoms with E-state index in [1.165, 1.54) is 11.1 Å². The monoisotopic (exact) mass is 457 g/mol. The highest BCUT2D eigenvalue weighted by Gasteiger charge is 2.49. The van der Waals surface area contributed by atoms with Crippen LogP contribution in [0.4, 0.5) is 5.13 Å². The molecule has 1 aromatic heterocycles. The van der Waals surface area contributed by atoms with Crippen LogP contribution in [0.3, 0.4) is 0 Å². The molecule has 0 amide bonds. The Bertz CT molecular complexity index is 1180. The highest BCUT2D eigenvalue weighted by Crippen LogP contribution is 2.47. The highest BCUT2D eigenvalue weighted by atomic mass is 32.1. The Morgan fingerprint density at radius 1 is 1.09 bits per heavy atom. The average molecular weight is 458 g/mol. The number of nitrogens with zero attached hydrogens (tertiary/aromatic N) is 1. The molecule has 3 aromatic rings. The van der Waals surface area contributed by atoms with Crippen molar-refractivity contribution in [2.75, 3.05) is 11.9 Å². The first-order chi connectivity index (χ1) is 15.8. The smallest absolute Gasteiger partial charge is 0.183 e. The number of anilines is 1. The second-order valence-corrected chi connectivity index (χ2v) is 10.8. The van der Waals surface area contributed by atoms with Crippen molar-refractivity contribution in [3.8, 4) is 21.7 Å². The van der Waals surface area contributed by atoms with Crippen molar-refractivity contribution in [2.45, 2.75) is 44.2 Å². The number of benzene rings is 2. The topological polar surface area (TPSA) is 71.2 Å². The van der Waals surface area contributed by atoms with Gasteiger partial charge in [-0.3, -0.25) is 0 Å². The fourth-order valence-electron chi connectivity index (χ4n) is 5.13. The molecule has 1 fully saturated rings. The van der Waals surface area contributed by atoms with E-state index < -0.39 is 11.1 Å². The molecule has 5 heteroatoms. The molecular formula is C28H31N3OS. The molecule has 2 aliphatic rings. The normalized spacial score (nSPS) is 26.5. The second-order valence-electron chi connectivity index (χ2n) is 9.84. The maximum Gasteiger partial charge on any atom is 0.183 e. The molecule has 4 N–H and O–H groups in total. The van der Waals surface area contributed by atoms with Gasteiger partial charge in [-0.15, -0.1) is 0 Å². The Labute approximate surface area is 199 Å². The lowest BCUT2D eigenvalue weighted by molar-refractivity contribution is -0.0738. The zero-order valence-corrected chi connectivity index (χ0v) is 20.0. The van der Waals surface area contributed by atoms with E-state index in [1.54, 1.807) is 11.3 Å². The summed E-state index contributed by atoms with van der Waals surface area (Å²) in [5, 5.41) is 14.7. The minimum atomic E-state index is -0.661. The number of allylic oxidation sites excluding steroid dienone is 3. The molecule has 1 heterocycles. The van der Waals surface area contributed by atoms with Gasteiger partial charge in [0, 0.05) is 17.6 Å². The fourth-order valence-corrected chi connectivity index (χ4v) is 6.13. The van der Waals surface area contributed by atoms with Gasteiger partial charge >= 0.3 is 0 Å². The lowest BCUT2D eigenvalue weighted by Crippen LogP contribution is -2.58. The summed E-state index contributed by atoms with van der Waals surface area (Å²) >= 11 is 1.70. The molecule has 0 radical (unpaired) electrons. The van der Waals surface area contributed by atoms with Gasteiger partial charge < -0.3 is 16.2 Å². The van der Waals surface area contributed by atoms with Crippen molar-refractivity contribution in [1.82, 2.24) is 4.98 Å². The molecular weight excluding hydrogens is 426 g/mol. The van der Waals surface area contributed by atoms with Crippen LogP contribution in [0.5, 0.6) is 0 Å².